The monoisotopic (exact) mass is 524 g/mol. The van der Waals surface area contributed by atoms with E-state index in [2.05, 4.69) is 58.6 Å². The van der Waals surface area contributed by atoms with E-state index in [0.29, 0.717) is 12.1 Å². The maximum Gasteiger partial charge on any atom is 0.255 e. The summed E-state index contributed by atoms with van der Waals surface area (Å²) in [6.45, 7) is 8.66. The van der Waals surface area contributed by atoms with Crippen LogP contribution in [0.4, 0.5) is 0 Å². The molecule has 1 unspecified atom stereocenters. The van der Waals surface area contributed by atoms with Crippen LogP contribution < -0.4 is 0 Å². The number of benzene rings is 2. The fraction of sp³-hybridized carbons (Fsp3) is 0.333. The van der Waals surface area contributed by atoms with Gasteiger partial charge in [-0.15, -0.1) is 11.3 Å². The van der Waals surface area contributed by atoms with Gasteiger partial charge >= 0.3 is 0 Å². The number of rotatable bonds is 4. The number of aryl methyl sites for hydroxylation is 1. The Hall–Kier alpha value is -2.44. The molecule has 2 heterocycles. The van der Waals surface area contributed by atoms with Crippen molar-refractivity contribution in [1.82, 2.24) is 9.80 Å². The molecular formula is C27H29BrN2O2S. The molecule has 6 heteroatoms. The van der Waals surface area contributed by atoms with Crippen LogP contribution in [0.2, 0.25) is 0 Å². The molecule has 3 aromatic rings. The highest BCUT2D eigenvalue weighted by Crippen LogP contribution is 2.38. The van der Waals surface area contributed by atoms with Gasteiger partial charge in [0.1, 0.15) is 6.54 Å². The molecule has 4 rings (SSSR count). The van der Waals surface area contributed by atoms with E-state index in [9.17, 15) is 9.59 Å². The Kier molecular flexibility index (Phi) is 6.78. The molecule has 172 valence electrons. The molecule has 1 aromatic heterocycles. The molecule has 0 saturated heterocycles. The topological polar surface area (TPSA) is 40.6 Å². The van der Waals surface area contributed by atoms with Crippen molar-refractivity contribution in [2.75, 3.05) is 13.1 Å². The summed E-state index contributed by atoms with van der Waals surface area (Å²) in [4.78, 5) is 32.3. The molecule has 0 saturated carbocycles. The minimum atomic E-state index is -0.509. The molecule has 1 aliphatic rings. The lowest BCUT2D eigenvalue weighted by atomic mass is 9.92. The standard InChI is InChI=1S/C27H29BrN2O2S/c1-18-9-11-19(12-10-18)25-21-14-16-33-23(21)13-15-29(25)24(31)17-30(27(2,3)4)26(32)20-7-5-6-8-22(20)28/h5-12,14,16,25H,13,15,17H2,1-4H3. The average molecular weight is 526 g/mol. The zero-order valence-electron chi connectivity index (χ0n) is 19.5. The summed E-state index contributed by atoms with van der Waals surface area (Å²) in [5.74, 6) is -0.184. The predicted molar refractivity (Wildman–Crippen MR) is 138 cm³/mol. The van der Waals surface area contributed by atoms with Crippen molar-refractivity contribution >= 4 is 39.1 Å². The number of nitrogens with zero attached hydrogens (tertiary/aromatic N) is 2. The third kappa shape index (κ3) is 4.92. The molecule has 0 aliphatic carbocycles. The molecule has 0 spiro atoms. The van der Waals surface area contributed by atoms with E-state index < -0.39 is 5.54 Å². The zero-order valence-corrected chi connectivity index (χ0v) is 21.9. The summed E-state index contributed by atoms with van der Waals surface area (Å²) in [6.07, 6.45) is 0.842. The summed E-state index contributed by atoms with van der Waals surface area (Å²) < 4.78 is 0.732. The van der Waals surface area contributed by atoms with Crippen molar-refractivity contribution in [2.45, 2.75) is 45.7 Å². The molecule has 1 atom stereocenters. The Morgan fingerprint density at radius 3 is 2.45 bits per heavy atom. The molecule has 33 heavy (non-hydrogen) atoms. The van der Waals surface area contributed by atoms with Gasteiger partial charge in [-0.3, -0.25) is 9.59 Å². The van der Waals surface area contributed by atoms with E-state index in [-0.39, 0.29) is 24.4 Å². The first-order valence-corrected chi connectivity index (χ1v) is 12.8. The number of hydrogen-bond donors (Lipinski definition) is 0. The minimum absolute atomic E-state index is 0.0332. The Morgan fingerprint density at radius 2 is 1.79 bits per heavy atom. The van der Waals surface area contributed by atoms with Crippen LogP contribution in [-0.4, -0.2) is 40.2 Å². The third-order valence-corrected chi connectivity index (χ3v) is 7.82. The Bertz CT molecular complexity index is 1160. The van der Waals surface area contributed by atoms with Gasteiger partial charge in [0.05, 0.1) is 11.6 Å². The molecule has 0 fully saturated rings. The molecule has 4 nitrogen and oxygen atoms in total. The quantitative estimate of drug-likeness (QED) is 0.405. The molecule has 2 aromatic carbocycles. The summed E-state index contributed by atoms with van der Waals surface area (Å²) in [7, 11) is 0. The average Bonchev–Trinajstić information content (AvgIpc) is 3.25. The highest BCUT2D eigenvalue weighted by Gasteiger charge is 2.36. The number of halogens is 1. The molecular weight excluding hydrogens is 496 g/mol. The van der Waals surface area contributed by atoms with Crippen molar-refractivity contribution in [3.63, 3.8) is 0 Å². The van der Waals surface area contributed by atoms with Crippen LogP contribution in [0.5, 0.6) is 0 Å². The van der Waals surface area contributed by atoms with E-state index in [4.69, 9.17) is 0 Å². The van der Waals surface area contributed by atoms with Gasteiger partial charge in [0.25, 0.3) is 5.91 Å². The van der Waals surface area contributed by atoms with Gasteiger partial charge in [0, 0.05) is 21.4 Å². The second-order valence-electron chi connectivity index (χ2n) is 9.49. The van der Waals surface area contributed by atoms with Gasteiger partial charge < -0.3 is 9.80 Å². The van der Waals surface area contributed by atoms with E-state index in [1.165, 1.54) is 16.0 Å². The Balaban J connectivity index is 1.66. The fourth-order valence-electron chi connectivity index (χ4n) is 4.31. The second-order valence-corrected chi connectivity index (χ2v) is 11.3. The van der Waals surface area contributed by atoms with E-state index in [1.807, 2.05) is 43.9 Å². The van der Waals surface area contributed by atoms with Gasteiger partial charge in [-0.25, -0.2) is 0 Å². The van der Waals surface area contributed by atoms with Crippen molar-refractivity contribution in [3.8, 4) is 0 Å². The summed E-state index contributed by atoms with van der Waals surface area (Å²) in [5, 5.41) is 2.11. The Labute approximate surface area is 208 Å². The SMILES string of the molecule is Cc1ccc(C2c3ccsc3CCN2C(=O)CN(C(=O)c2ccccc2Br)C(C)(C)C)cc1. The normalized spacial score (nSPS) is 15.8. The van der Waals surface area contributed by atoms with Gasteiger partial charge in [-0.1, -0.05) is 42.0 Å². The van der Waals surface area contributed by atoms with Crippen LogP contribution in [0, 0.1) is 6.92 Å². The minimum Gasteiger partial charge on any atom is -0.330 e. The van der Waals surface area contributed by atoms with E-state index in [0.717, 1.165) is 16.5 Å². The second kappa shape index (κ2) is 9.43. The van der Waals surface area contributed by atoms with E-state index in [1.54, 1.807) is 22.3 Å². The molecule has 2 amide bonds. The maximum absolute atomic E-state index is 13.8. The number of amides is 2. The largest absolute Gasteiger partial charge is 0.330 e. The van der Waals surface area contributed by atoms with E-state index >= 15 is 0 Å². The first-order valence-electron chi connectivity index (χ1n) is 11.2. The molecule has 0 bridgehead atoms. The number of fused-ring (bicyclic) bond motifs is 1. The lowest BCUT2D eigenvalue weighted by Crippen LogP contribution is -2.52. The van der Waals surface area contributed by atoms with Crippen molar-refractivity contribution < 1.29 is 9.59 Å². The number of carbonyl (C=O) groups excluding carboxylic acids is 2. The Morgan fingerprint density at radius 1 is 1.09 bits per heavy atom. The summed E-state index contributed by atoms with van der Waals surface area (Å²) >= 11 is 5.25. The van der Waals surface area contributed by atoms with Crippen molar-refractivity contribution in [2.24, 2.45) is 0 Å². The van der Waals surface area contributed by atoms with Crippen LogP contribution in [0.1, 0.15) is 58.7 Å². The number of hydrogen-bond acceptors (Lipinski definition) is 3. The van der Waals surface area contributed by atoms with Crippen molar-refractivity contribution in [3.05, 3.63) is 91.6 Å². The first kappa shape index (κ1) is 23.7. The smallest absolute Gasteiger partial charge is 0.255 e. The highest BCUT2D eigenvalue weighted by atomic mass is 79.9. The fourth-order valence-corrected chi connectivity index (χ4v) is 5.67. The van der Waals surface area contributed by atoms with Crippen LogP contribution in [0.15, 0.2) is 64.5 Å². The van der Waals surface area contributed by atoms with Crippen LogP contribution >= 0.6 is 27.3 Å². The molecule has 1 aliphatic heterocycles. The third-order valence-electron chi connectivity index (χ3n) is 6.13. The lowest BCUT2D eigenvalue weighted by Gasteiger charge is -2.40. The van der Waals surface area contributed by atoms with Gasteiger partial charge in [0.2, 0.25) is 5.91 Å². The highest BCUT2D eigenvalue weighted by molar-refractivity contribution is 9.10. The molecule has 0 radical (unpaired) electrons. The summed E-state index contributed by atoms with van der Waals surface area (Å²) in [6, 6.07) is 17.8. The van der Waals surface area contributed by atoms with Gasteiger partial charge in [0.15, 0.2) is 0 Å². The zero-order chi connectivity index (χ0) is 23.8. The molecule has 0 N–H and O–H groups in total. The van der Waals surface area contributed by atoms with Crippen LogP contribution in [0.3, 0.4) is 0 Å². The van der Waals surface area contributed by atoms with Crippen LogP contribution in [-0.2, 0) is 11.2 Å². The first-order chi connectivity index (χ1) is 15.7. The van der Waals surface area contributed by atoms with Gasteiger partial charge in [-0.05, 0) is 84.8 Å². The number of carbonyl (C=O) groups is 2. The summed E-state index contributed by atoms with van der Waals surface area (Å²) in [5.41, 5.74) is 3.55. The van der Waals surface area contributed by atoms with Crippen LogP contribution in [0.25, 0.3) is 0 Å². The predicted octanol–water partition coefficient (Wildman–Crippen LogP) is 6.23. The van der Waals surface area contributed by atoms with Crippen molar-refractivity contribution in [1.29, 1.82) is 0 Å². The van der Waals surface area contributed by atoms with Gasteiger partial charge in [-0.2, -0.15) is 0 Å². The lowest BCUT2D eigenvalue weighted by molar-refractivity contribution is -0.135. The number of thiophene rings is 1. The maximum atomic E-state index is 13.8.